The van der Waals surface area contributed by atoms with E-state index in [4.69, 9.17) is 0 Å². The van der Waals surface area contributed by atoms with Crippen molar-refractivity contribution in [3.05, 3.63) is 28.0 Å². The van der Waals surface area contributed by atoms with Gasteiger partial charge in [0.15, 0.2) is 0 Å². The Balaban J connectivity index is 2.37. The zero-order valence-corrected chi connectivity index (χ0v) is 10.9. The third-order valence-electron chi connectivity index (χ3n) is 3.07. The molecule has 0 atom stereocenters. The molecule has 0 aromatic carbocycles. The largest absolute Gasteiger partial charge is 0.361 e. The molecule has 1 aromatic heterocycles. The van der Waals surface area contributed by atoms with E-state index in [1.165, 1.54) is 0 Å². The lowest BCUT2D eigenvalue weighted by Gasteiger charge is -2.16. The molecule has 0 aliphatic heterocycles. The van der Waals surface area contributed by atoms with Crippen molar-refractivity contribution in [1.82, 2.24) is 9.78 Å². The molecule has 1 N–H and O–H groups in total. The van der Waals surface area contributed by atoms with Gasteiger partial charge in [0.05, 0.1) is 4.92 Å². The first-order valence-electron chi connectivity index (χ1n) is 6.15. The van der Waals surface area contributed by atoms with Gasteiger partial charge in [-0.05, 0) is 33.6 Å². The molecule has 18 heavy (non-hydrogen) atoms. The predicted molar refractivity (Wildman–Crippen MR) is 69.8 cm³/mol. The van der Waals surface area contributed by atoms with Crippen molar-refractivity contribution in [1.29, 1.82) is 0 Å². The van der Waals surface area contributed by atoms with Crippen LogP contribution in [0.25, 0.3) is 0 Å². The first-order valence-corrected chi connectivity index (χ1v) is 6.15. The first kappa shape index (κ1) is 12.6. The van der Waals surface area contributed by atoms with Crippen LogP contribution in [0.15, 0.2) is 12.2 Å². The van der Waals surface area contributed by atoms with E-state index in [1.54, 1.807) is 11.6 Å². The van der Waals surface area contributed by atoms with Crippen molar-refractivity contribution >= 4 is 11.5 Å². The molecule has 0 amide bonds. The van der Waals surface area contributed by atoms with Crippen LogP contribution in [0.4, 0.5) is 11.5 Å². The lowest BCUT2D eigenvalue weighted by molar-refractivity contribution is -0.384. The highest BCUT2D eigenvalue weighted by molar-refractivity contribution is 5.60. The Hall–Kier alpha value is -1.85. The van der Waals surface area contributed by atoms with E-state index in [2.05, 4.69) is 22.6 Å². The number of nitrogens with one attached hydrogen (secondary N) is 1. The normalized spacial score (nSPS) is 15.6. The quantitative estimate of drug-likeness (QED) is 0.506. The highest BCUT2D eigenvalue weighted by Gasteiger charge is 2.28. The molecule has 0 saturated carbocycles. The molecule has 0 radical (unpaired) electrons. The molecular weight excluding hydrogens is 232 g/mol. The van der Waals surface area contributed by atoms with E-state index in [0.29, 0.717) is 11.5 Å². The molecule has 1 aliphatic carbocycles. The highest BCUT2D eigenvalue weighted by atomic mass is 16.6. The smallest absolute Gasteiger partial charge is 0.333 e. The van der Waals surface area contributed by atoms with E-state index in [9.17, 15) is 10.1 Å². The third kappa shape index (κ3) is 2.23. The number of rotatable bonds is 4. The zero-order valence-electron chi connectivity index (χ0n) is 10.9. The maximum Gasteiger partial charge on any atom is 0.333 e. The van der Waals surface area contributed by atoms with Crippen LogP contribution in [0.1, 0.15) is 38.4 Å². The van der Waals surface area contributed by atoms with Gasteiger partial charge in [-0.3, -0.25) is 10.1 Å². The van der Waals surface area contributed by atoms with Crippen LogP contribution >= 0.6 is 0 Å². The van der Waals surface area contributed by atoms with Gasteiger partial charge in [-0.25, -0.2) is 4.68 Å². The molecule has 0 spiro atoms. The van der Waals surface area contributed by atoms with Crippen LogP contribution in [-0.2, 0) is 0 Å². The average Bonchev–Trinajstić information content (AvgIpc) is 2.86. The van der Waals surface area contributed by atoms with Gasteiger partial charge in [-0.15, -0.1) is 0 Å². The molecule has 1 aliphatic rings. The highest BCUT2D eigenvalue weighted by Crippen LogP contribution is 2.32. The van der Waals surface area contributed by atoms with Gasteiger partial charge in [0.25, 0.3) is 0 Å². The fourth-order valence-electron chi connectivity index (χ4n) is 2.19. The molecule has 2 rings (SSSR count). The van der Waals surface area contributed by atoms with Crippen molar-refractivity contribution in [3.63, 3.8) is 0 Å². The topological polar surface area (TPSA) is 73.0 Å². The number of nitro groups is 1. The second kappa shape index (κ2) is 4.80. The summed E-state index contributed by atoms with van der Waals surface area (Å²) in [5, 5.41) is 18.7. The van der Waals surface area contributed by atoms with Crippen molar-refractivity contribution in [2.45, 2.75) is 45.7 Å². The molecular formula is C12H18N4O2. The van der Waals surface area contributed by atoms with E-state index >= 15 is 0 Å². The maximum atomic E-state index is 11.1. The summed E-state index contributed by atoms with van der Waals surface area (Å²) in [7, 11) is 0. The SMILES string of the molecule is Cc1nn(C(C)C)c(NC2CC=CC2)c1[N+](=O)[O-]. The van der Waals surface area contributed by atoms with Crippen LogP contribution in [0.2, 0.25) is 0 Å². The lowest BCUT2D eigenvalue weighted by Crippen LogP contribution is -2.19. The number of nitrogens with zero attached hydrogens (tertiary/aromatic N) is 3. The Morgan fingerprint density at radius 2 is 2.11 bits per heavy atom. The Morgan fingerprint density at radius 3 is 2.61 bits per heavy atom. The summed E-state index contributed by atoms with van der Waals surface area (Å²) in [5.74, 6) is 0.529. The third-order valence-corrected chi connectivity index (χ3v) is 3.07. The average molecular weight is 250 g/mol. The van der Waals surface area contributed by atoms with Crippen molar-refractivity contribution in [3.8, 4) is 0 Å². The molecule has 1 heterocycles. The standard InChI is InChI=1S/C12H18N4O2/c1-8(2)15-12(13-10-6-4-5-7-10)11(16(17)18)9(3)14-15/h4-5,8,10,13H,6-7H2,1-3H3. The summed E-state index contributed by atoms with van der Waals surface area (Å²) in [6.45, 7) is 5.61. The Bertz CT molecular complexity index is 483. The molecule has 0 unspecified atom stereocenters. The minimum atomic E-state index is -0.355. The van der Waals surface area contributed by atoms with Gasteiger partial charge in [0, 0.05) is 12.1 Å². The molecule has 1 aromatic rings. The summed E-state index contributed by atoms with van der Waals surface area (Å²) in [6, 6.07) is 0.326. The van der Waals surface area contributed by atoms with Crippen molar-refractivity contribution in [2.75, 3.05) is 5.32 Å². The minimum Gasteiger partial charge on any atom is -0.361 e. The molecule has 98 valence electrons. The van der Waals surface area contributed by atoms with E-state index in [0.717, 1.165) is 12.8 Å². The maximum absolute atomic E-state index is 11.1. The molecule has 0 bridgehead atoms. The summed E-state index contributed by atoms with van der Waals surface area (Å²) in [6.07, 6.45) is 5.98. The van der Waals surface area contributed by atoms with Crippen molar-refractivity contribution in [2.24, 2.45) is 0 Å². The van der Waals surface area contributed by atoms with Gasteiger partial charge in [0.1, 0.15) is 5.69 Å². The Morgan fingerprint density at radius 1 is 1.50 bits per heavy atom. The summed E-state index contributed by atoms with van der Waals surface area (Å²) >= 11 is 0. The zero-order chi connectivity index (χ0) is 13.3. The molecule has 0 saturated heterocycles. The number of hydrogen-bond acceptors (Lipinski definition) is 4. The predicted octanol–water partition coefficient (Wildman–Crippen LogP) is 2.81. The van der Waals surface area contributed by atoms with Gasteiger partial charge >= 0.3 is 5.69 Å². The minimum absolute atomic E-state index is 0.0919. The van der Waals surface area contributed by atoms with Crippen LogP contribution in [0.3, 0.4) is 0 Å². The fraction of sp³-hybridized carbons (Fsp3) is 0.583. The van der Waals surface area contributed by atoms with Crippen LogP contribution in [-0.4, -0.2) is 20.7 Å². The van der Waals surface area contributed by atoms with Crippen LogP contribution in [0, 0.1) is 17.0 Å². The number of anilines is 1. The van der Waals surface area contributed by atoms with E-state index in [-0.39, 0.29) is 22.7 Å². The molecule has 0 fully saturated rings. The van der Waals surface area contributed by atoms with Crippen LogP contribution in [0.5, 0.6) is 0 Å². The summed E-state index contributed by atoms with van der Waals surface area (Å²) < 4.78 is 1.70. The number of aromatic nitrogens is 2. The molecule has 6 nitrogen and oxygen atoms in total. The van der Waals surface area contributed by atoms with Crippen LogP contribution < -0.4 is 5.32 Å². The lowest BCUT2D eigenvalue weighted by atomic mass is 10.2. The summed E-state index contributed by atoms with van der Waals surface area (Å²) in [5.41, 5.74) is 0.553. The second-order valence-corrected chi connectivity index (χ2v) is 4.86. The Labute approximate surface area is 106 Å². The monoisotopic (exact) mass is 250 g/mol. The fourth-order valence-corrected chi connectivity index (χ4v) is 2.19. The Kier molecular flexibility index (Phi) is 3.36. The summed E-state index contributed by atoms with van der Waals surface area (Å²) in [4.78, 5) is 10.8. The number of aryl methyl sites for hydroxylation is 1. The van der Waals surface area contributed by atoms with E-state index in [1.807, 2.05) is 13.8 Å². The number of hydrogen-bond donors (Lipinski definition) is 1. The first-order chi connectivity index (χ1) is 8.50. The van der Waals surface area contributed by atoms with E-state index < -0.39 is 0 Å². The second-order valence-electron chi connectivity index (χ2n) is 4.86. The molecule has 6 heteroatoms. The van der Waals surface area contributed by atoms with Crippen molar-refractivity contribution < 1.29 is 4.92 Å². The van der Waals surface area contributed by atoms with Gasteiger partial charge in [-0.2, -0.15) is 5.10 Å². The van der Waals surface area contributed by atoms with Gasteiger partial charge in [0.2, 0.25) is 5.82 Å². The van der Waals surface area contributed by atoms with Gasteiger partial charge in [-0.1, -0.05) is 12.2 Å². The van der Waals surface area contributed by atoms with Gasteiger partial charge < -0.3 is 5.32 Å².